The molecule has 1 aromatic carbocycles. The molecule has 1 aromatic rings. The van der Waals surface area contributed by atoms with Gasteiger partial charge in [-0.25, -0.2) is 4.79 Å². The number of benzene rings is 1. The third-order valence-corrected chi connectivity index (χ3v) is 7.58. The van der Waals surface area contributed by atoms with Crippen LogP contribution < -0.4 is 10.1 Å². The van der Waals surface area contributed by atoms with Crippen molar-refractivity contribution in [2.75, 3.05) is 14.2 Å². The summed E-state index contributed by atoms with van der Waals surface area (Å²) in [6.07, 6.45) is 6.17. The summed E-state index contributed by atoms with van der Waals surface area (Å²) in [6.45, 7) is 3.64. The Bertz CT molecular complexity index is 1110. The molecule has 2 N–H and O–H groups in total. The van der Waals surface area contributed by atoms with E-state index in [-0.39, 0.29) is 29.3 Å². The van der Waals surface area contributed by atoms with Gasteiger partial charge in [0.1, 0.15) is 12.0 Å². The number of methoxy groups -OCH3 is 2. The topological polar surface area (TPSA) is 111 Å². The first-order chi connectivity index (χ1) is 17.3. The van der Waals surface area contributed by atoms with Crippen molar-refractivity contribution in [1.29, 1.82) is 0 Å². The van der Waals surface area contributed by atoms with Crippen molar-refractivity contribution in [3.63, 3.8) is 0 Å². The summed E-state index contributed by atoms with van der Waals surface area (Å²) >= 11 is 0. The molecule has 0 bridgehead atoms. The number of ketones is 1. The van der Waals surface area contributed by atoms with Crippen molar-refractivity contribution in [3.8, 4) is 11.5 Å². The maximum absolute atomic E-state index is 13.8. The summed E-state index contributed by atoms with van der Waals surface area (Å²) < 4.78 is 16.1. The van der Waals surface area contributed by atoms with E-state index in [9.17, 15) is 19.5 Å². The van der Waals surface area contributed by atoms with Crippen LogP contribution in [0.1, 0.15) is 70.3 Å². The highest BCUT2D eigenvalue weighted by molar-refractivity contribution is 6.12. The van der Waals surface area contributed by atoms with E-state index in [0.717, 1.165) is 38.5 Å². The lowest BCUT2D eigenvalue weighted by Crippen LogP contribution is -2.43. The molecule has 1 saturated carbocycles. The molecule has 36 heavy (non-hydrogen) atoms. The second kappa shape index (κ2) is 10.8. The fourth-order valence-electron chi connectivity index (χ4n) is 5.75. The molecule has 0 saturated heterocycles. The molecule has 3 aliphatic rings. The maximum atomic E-state index is 13.8. The first-order valence-corrected chi connectivity index (χ1v) is 12.7. The molecular formula is C28H35NO7. The highest BCUT2D eigenvalue weighted by Gasteiger charge is 2.47. The van der Waals surface area contributed by atoms with Gasteiger partial charge in [-0.05, 0) is 62.6 Å². The van der Waals surface area contributed by atoms with E-state index < -0.39 is 23.8 Å². The van der Waals surface area contributed by atoms with Gasteiger partial charge >= 0.3 is 11.9 Å². The van der Waals surface area contributed by atoms with Crippen molar-refractivity contribution in [1.82, 2.24) is 5.32 Å². The number of phenols is 1. The van der Waals surface area contributed by atoms with E-state index in [1.54, 1.807) is 19.1 Å². The number of hydrogen-bond donors (Lipinski definition) is 2. The summed E-state index contributed by atoms with van der Waals surface area (Å²) in [6, 6.07) is 4.83. The van der Waals surface area contributed by atoms with Gasteiger partial charge in [0.05, 0.1) is 19.8 Å². The molecule has 2 aliphatic carbocycles. The minimum Gasteiger partial charge on any atom is -0.504 e. The highest BCUT2D eigenvalue weighted by Crippen LogP contribution is 2.47. The van der Waals surface area contributed by atoms with Gasteiger partial charge in [0, 0.05) is 22.9 Å². The third-order valence-electron chi connectivity index (χ3n) is 7.58. The molecule has 8 heteroatoms. The molecule has 3 atom stereocenters. The van der Waals surface area contributed by atoms with Crippen LogP contribution in [0.5, 0.6) is 11.5 Å². The van der Waals surface area contributed by atoms with Gasteiger partial charge in [0.2, 0.25) is 0 Å². The normalized spacial score (nSPS) is 25.0. The molecule has 0 radical (unpaired) electrons. The summed E-state index contributed by atoms with van der Waals surface area (Å²) in [5, 5.41) is 13.8. The van der Waals surface area contributed by atoms with Crippen LogP contribution in [-0.2, 0) is 23.9 Å². The van der Waals surface area contributed by atoms with Crippen LogP contribution in [0.15, 0.2) is 40.7 Å². The fraction of sp³-hybridized carbons (Fsp3) is 0.536. The van der Waals surface area contributed by atoms with Crippen LogP contribution in [-0.4, -0.2) is 43.2 Å². The SMILES string of the molecule is COC(=O)[C@@H]1C(=O)C2=C(C[C@H]1C)NC(C)=C(C(=O)OC1CCCCCC1)[C@@H]2c1ccc(OC)c(O)c1. The Morgan fingerprint density at radius 2 is 1.78 bits per heavy atom. The van der Waals surface area contributed by atoms with Crippen LogP contribution in [0.4, 0.5) is 0 Å². The van der Waals surface area contributed by atoms with Crippen molar-refractivity contribution >= 4 is 17.7 Å². The third kappa shape index (κ3) is 4.86. The second-order valence-electron chi connectivity index (χ2n) is 9.99. The monoisotopic (exact) mass is 497 g/mol. The van der Waals surface area contributed by atoms with E-state index in [2.05, 4.69) is 5.32 Å². The number of rotatable bonds is 5. The molecule has 0 spiro atoms. The molecule has 194 valence electrons. The Kier molecular flexibility index (Phi) is 7.71. The van der Waals surface area contributed by atoms with Gasteiger partial charge in [-0.2, -0.15) is 0 Å². The lowest BCUT2D eigenvalue weighted by Gasteiger charge is -2.38. The number of nitrogens with one attached hydrogen (secondary N) is 1. The van der Waals surface area contributed by atoms with Crippen LogP contribution in [0.3, 0.4) is 0 Å². The molecule has 1 fully saturated rings. The number of carbonyl (C=O) groups is 3. The first kappa shape index (κ1) is 25.8. The lowest BCUT2D eigenvalue weighted by atomic mass is 9.69. The van der Waals surface area contributed by atoms with Crippen molar-refractivity contribution in [3.05, 3.63) is 46.3 Å². The molecule has 0 unspecified atom stereocenters. The highest BCUT2D eigenvalue weighted by atomic mass is 16.5. The average molecular weight is 498 g/mol. The van der Waals surface area contributed by atoms with Crippen molar-refractivity contribution in [2.24, 2.45) is 11.8 Å². The van der Waals surface area contributed by atoms with Gasteiger partial charge < -0.3 is 24.6 Å². The average Bonchev–Trinajstić information content (AvgIpc) is 3.11. The standard InChI is InChI=1S/C28H35NO7/c1-15-13-19-25(26(31)22(15)27(32)35-4)24(17-11-12-21(34-3)20(30)14-17)23(16(2)29-19)28(33)36-18-9-7-5-6-8-10-18/h11-12,14-15,18,22,24,29-30H,5-10,13H2,1-4H3/t15-,22+,24+/m1/s1. The maximum Gasteiger partial charge on any atom is 0.337 e. The second-order valence-corrected chi connectivity index (χ2v) is 9.99. The van der Waals surface area contributed by atoms with Crippen LogP contribution in [0, 0.1) is 11.8 Å². The quantitative estimate of drug-likeness (QED) is 0.352. The zero-order valence-electron chi connectivity index (χ0n) is 21.4. The molecule has 4 rings (SSSR count). The predicted molar refractivity (Wildman–Crippen MR) is 132 cm³/mol. The largest absolute Gasteiger partial charge is 0.504 e. The smallest absolute Gasteiger partial charge is 0.337 e. The number of dihydropyridines is 1. The van der Waals surface area contributed by atoms with E-state index in [1.165, 1.54) is 20.3 Å². The summed E-state index contributed by atoms with van der Waals surface area (Å²) in [7, 11) is 2.72. The summed E-state index contributed by atoms with van der Waals surface area (Å²) in [4.78, 5) is 40.0. The predicted octanol–water partition coefficient (Wildman–Crippen LogP) is 4.28. The van der Waals surface area contributed by atoms with E-state index >= 15 is 0 Å². The van der Waals surface area contributed by atoms with Gasteiger partial charge in [0.15, 0.2) is 17.3 Å². The van der Waals surface area contributed by atoms with Gasteiger partial charge in [0.25, 0.3) is 0 Å². The van der Waals surface area contributed by atoms with E-state index in [4.69, 9.17) is 14.2 Å². The number of aromatic hydroxyl groups is 1. The number of hydrogen-bond acceptors (Lipinski definition) is 8. The molecule has 0 aromatic heterocycles. The molecule has 0 amide bonds. The van der Waals surface area contributed by atoms with E-state index in [0.29, 0.717) is 34.5 Å². The number of allylic oxidation sites excluding steroid dienone is 3. The lowest BCUT2D eigenvalue weighted by molar-refractivity contribution is -0.151. The van der Waals surface area contributed by atoms with Gasteiger partial charge in [-0.15, -0.1) is 0 Å². The molecule has 1 heterocycles. The van der Waals surface area contributed by atoms with Gasteiger partial charge in [-0.3, -0.25) is 9.59 Å². The number of Topliss-reactive ketones (excluding diaryl/α,β-unsaturated/α-hetero) is 1. The number of carbonyl (C=O) groups excluding carboxylic acids is 3. The minimum atomic E-state index is -0.970. The first-order valence-electron chi connectivity index (χ1n) is 12.7. The van der Waals surface area contributed by atoms with E-state index in [1.807, 2.05) is 6.92 Å². The van der Waals surface area contributed by atoms with Crippen LogP contribution in [0.25, 0.3) is 0 Å². The zero-order chi connectivity index (χ0) is 26.0. The Balaban J connectivity index is 1.79. The molecule has 1 aliphatic heterocycles. The van der Waals surface area contributed by atoms with Crippen molar-refractivity contribution < 1.29 is 33.7 Å². The Labute approximate surface area is 211 Å². The fourth-order valence-corrected chi connectivity index (χ4v) is 5.75. The van der Waals surface area contributed by atoms with Crippen LogP contribution in [0.2, 0.25) is 0 Å². The minimum absolute atomic E-state index is 0.106. The Morgan fingerprint density at radius 1 is 1.08 bits per heavy atom. The zero-order valence-corrected chi connectivity index (χ0v) is 21.4. The number of ether oxygens (including phenoxy) is 3. The summed E-state index contributed by atoms with van der Waals surface area (Å²) in [5.41, 5.74) is 2.47. The van der Waals surface area contributed by atoms with Crippen molar-refractivity contribution in [2.45, 2.75) is 70.8 Å². The summed E-state index contributed by atoms with van der Waals surface area (Å²) in [5.74, 6) is -3.33. The van der Waals surface area contributed by atoms with Gasteiger partial charge in [-0.1, -0.05) is 25.8 Å². The van der Waals surface area contributed by atoms with Crippen LogP contribution >= 0.6 is 0 Å². The number of esters is 2. The molecular weight excluding hydrogens is 462 g/mol. The Hall–Kier alpha value is -3.29. The number of phenolic OH excluding ortho intramolecular Hbond substituents is 1. The Morgan fingerprint density at radius 3 is 2.39 bits per heavy atom. The molecule has 8 nitrogen and oxygen atoms in total.